The largest absolute Gasteiger partial charge is 0.449 e. The molecule has 0 N–H and O–H groups in total. The van der Waals surface area contributed by atoms with Gasteiger partial charge in [0.05, 0.1) is 5.56 Å². The molecule has 0 saturated carbocycles. The Kier molecular flexibility index (Phi) is 4.28. The van der Waals surface area contributed by atoms with Crippen molar-refractivity contribution < 1.29 is 13.9 Å². The molecular formula is C14H15FO2. The number of benzene rings is 1. The maximum atomic E-state index is 13.2. The molecule has 1 aromatic rings. The molecule has 0 spiro atoms. The summed E-state index contributed by atoms with van der Waals surface area (Å²) in [5.41, 5.74) is -0.199. The molecule has 0 heterocycles. The van der Waals surface area contributed by atoms with Crippen molar-refractivity contribution in [3.8, 4) is 11.8 Å². The zero-order chi connectivity index (χ0) is 12.9. The molecule has 0 aliphatic carbocycles. The van der Waals surface area contributed by atoms with Crippen molar-refractivity contribution in [3.05, 3.63) is 35.6 Å². The highest BCUT2D eigenvalue weighted by Gasteiger charge is 2.11. The predicted molar refractivity (Wildman–Crippen MR) is 63.9 cm³/mol. The van der Waals surface area contributed by atoms with Gasteiger partial charge in [-0.25, -0.2) is 9.18 Å². The van der Waals surface area contributed by atoms with Crippen LogP contribution in [0, 0.1) is 23.1 Å². The van der Waals surface area contributed by atoms with Gasteiger partial charge in [0.15, 0.2) is 6.61 Å². The first kappa shape index (κ1) is 13.2. The van der Waals surface area contributed by atoms with Gasteiger partial charge in [-0.2, -0.15) is 0 Å². The number of esters is 1. The predicted octanol–water partition coefficient (Wildman–Crippen LogP) is 3.03. The second-order valence-electron chi connectivity index (χ2n) is 4.61. The van der Waals surface area contributed by atoms with E-state index in [2.05, 4.69) is 11.8 Å². The van der Waals surface area contributed by atoms with Gasteiger partial charge in [0.25, 0.3) is 0 Å². The number of rotatable bonds is 2. The van der Waals surface area contributed by atoms with Crippen LogP contribution in [0.25, 0.3) is 0 Å². The van der Waals surface area contributed by atoms with Gasteiger partial charge in [-0.05, 0) is 32.9 Å². The first-order valence-corrected chi connectivity index (χ1v) is 5.32. The first-order valence-electron chi connectivity index (χ1n) is 5.32. The van der Waals surface area contributed by atoms with Gasteiger partial charge in [-0.3, -0.25) is 0 Å². The van der Waals surface area contributed by atoms with E-state index in [4.69, 9.17) is 4.74 Å². The number of carbonyl (C=O) groups is 1. The van der Waals surface area contributed by atoms with E-state index in [0.717, 1.165) is 0 Å². The van der Waals surface area contributed by atoms with Crippen LogP contribution in [-0.2, 0) is 4.74 Å². The summed E-state index contributed by atoms with van der Waals surface area (Å²) in [6, 6.07) is 5.71. The fourth-order valence-corrected chi connectivity index (χ4v) is 1.11. The quantitative estimate of drug-likeness (QED) is 0.580. The number of hydrogen-bond acceptors (Lipinski definition) is 2. The highest BCUT2D eigenvalue weighted by Crippen LogP contribution is 2.10. The van der Waals surface area contributed by atoms with Gasteiger partial charge in [-0.15, -0.1) is 0 Å². The molecule has 0 saturated heterocycles. The van der Waals surface area contributed by atoms with Crippen LogP contribution in [0.3, 0.4) is 0 Å². The average molecular weight is 234 g/mol. The molecular weight excluding hydrogens is 219 g/mol. The van der Waals surface area contributed by atoms with Gasteiger partial charge in [-0.1, -0.05) is 24.0 Å². The minimum absolute atomic E-state index is 0.0234. The zero-order valence-electron chi connectivity index (χ0n) is 10.2. The summed E-state index contributed by atoms with van der Waals surface area (Å²) in [7, 11) is 0. The summed E-state index contributed by atoms with van der Waals surface area (Å²) in [6.07, 6.45) is 0. The third kappa shape index (κ3) is 4.69. The summed E-state index contributed by atoms with van der Waals surface area (Å²) in [4.78, 5) is 11.5. The smallest absolute Gasteiger partial charge is 0.342 e. The molecule has 3 heteroatoms. The number of ether oxygens (including phenoxy) is 1. The molecule has 0 fully saturated rings. The number of hydrogen-bond donors (Lipinski definition) is 0. The van der Waals surface area contributed by atoms with Crippen molar-refractivity contribution in [2.24, 2.45) is 5.41 Å². The van der Waals surface area contributed by atoms with Crippen LogP contribution >= 0.6 is 0 Å². The summed E-state index contributed by atoms with van der Waals surface area (Å²) >= 11 is 0. The van der Waals surface area contributed by atoms with E-state index >= 15 is 0 Å². The van der Waals surface area contributed by atoms with Crippen molar-refractivity contribution in [2.75, 3.05) is 6.61 Å². The summed E-state index contributed by atoms with van der Waals surface area (Å²) < 4.78 is 18.1. The molecule has 0 unspecified atom stereocenters. The second-order valence-corrected chi connectivity index (χ2v) is 4.61. The van der Waals surface area contributed by atoms with Crippen LogP contribution < -0.4 is 0 Å². The summed E-state index contributed by atoms with van der Waals surface area (Å²) in [6.45, 7) is 5.85. The minimum Gasteiger partial charge on any atom is -0.449 e. The minimum atomic E-state index is -0.689. The molecule has 0 atom stereocenters. The van der Waals surface area contributed by atoms with E-state index in [0.29, 0.717) is 0 Å². The molecule has 90 valence electrons. The number of halogens is 1. The van der Waals surface area contributed by atoms with Gasteiger partial charge < -0.3 is 4.74 Å². The molecule has 1 aromatic carbocycles. The van der Waals surface area contributed by atoms with Crippen LogP contribution in [0.15, 0.2) is 24.3 Å². The van der Waals surface area contributed by atoms with E-state index in [9.17, 15) is 9.18 Å². The maximum absolute atomic E-state index is 13.2. The van der Waals surface area contributed by atoms with Crippen molar-refractivity contribution in [1.82, 2.24) is 0 Å². The van der Waals surface area contributed by atoms with E-state index in [1.165, 1.54) is 18.2 Å². The molecule has 0 amide bonds. The Morgan fingerprint density at radius 3 is 2.59 bits per heavy atom. The third-order valence-electron chi connectivity index (χ3n) is 1.83. The standard InChI is InChI=1S/C14H15FO2/c1-14(2,3)9-6-10-17-13(16)11-7-4-5-8-12(11)15/h4-5,7-8H,10H2,1-3H3. The highest BCUT2D eigenvalue weighted by atomic mass is 19.1. The van der Waals surface area contributed by atoms with Crippen LogP contribution in [0.2, 0.25) is 0 Å². The lowest BCUT2D eigenvalue weighted by Crippen LogP contribution is -2.08. The molecule has 2 nitrogen and oxygen atoms in total. The fraction of sp³-hybridized carbons (Fsp3) is 0.357. The van der Waals surface area contributed by atoms with Crippen molar-refractivity contribution >= 4 is 5.97 Å². The fourth-order valence-electron chi connectivity index (χ4n) is 1.11. The van der Waals surface area contributed by atoms with Crippen LogP contribution in [0.4, 0.5) is 4.39 Å². The topological polar surface area (TPSA) is 26.3 Å². The van der Waals surface area contributed by atoms with E-state index in [1.54, 1.807) is 6.07 Å². The monoisotopic (exact) mass is 234 g/mol. The molecule has 0 bridgehead atoms. The van der Waals surface area contributed by atoms with Crippen molar-refractivity contribution in [3.63, 3.8) is 0 Å². The molecule has 0 radical (unpaired) electrons. The Balaban J connectivity index is 2.57. The van der Waals surface area contributed by atoms with Gasteiger partial charge in [0.2, 0.25) is 0 Å². The third-order valence-corrected chi connectivity index (χ3v) is 1.83. The molecule has 0 aliphatic heterocycles. The molecule has 17 heavy (non-hydrogen) atoms. The van der Waals surface area contributed by atoms with Gasteiger partial charge >= 0.3 is 5.97 Å². The van der Waals surface area contributed by atoms with Crippen molar-refractivity contribution in [1.29, 1.82) is 0 Å². The van der Waals surface area contributed by atoms with Crippen LogP contribution in [0.1, 0.15) is 31.1 Å². The highest BCUT2D eigenvalue weighted by molar-refractivity contribution is 5.89. The average Bonchev–Trinajstić information content (AvgIpc) is 2.23. The Labute approximate surface area is 101 Å². The normalized spacial score (nSPS) is 10.4. The molecule has 0 aromatic heterocycles. The maximum Gasteiger partial charge on any atom is 0.342 e. The first-order chi connectivity index (χ1) is 7.90. The summed E-state index contributed by atoms with van der Waals surface area (Å²) in [5, 5.41) is 0. The van der Waals surface area contributed by atoms with E-state index < -0.39 is 11.8 Å². The van der Waals surface area contributed by atoms with Crippen LogP contribution in [0.5, 0.6) is 0 Å². The van der Waals surface area contributed by atoms with Crippen molar-refractivity contribution in [2.45, 2.75) is 20.8 Å². The lowest BCUT2D eigenvalue weighted by Gasteiger charge is -2.07. The molecule has 1 rings (SSSR count). The zero-order valence-corrected chi connectivity index (χ0v) is 10.2. The molecule has 0 aliphatic rings. The lowest BCUT2D eigenvalue weighted by atomic mass is 9.98. The van der Waals surface area contributed by atoms with Crippen LogP contribution in [-0.4, -0.2) is 12.6 Å². The van der Waals surface area contributed by atoms with Gasteiger partial charge in [0, 0.05) is 5.41 Å². The Hall–Kier alpha value is -1.82. The SMILES string of the molecule is CC(C)(C)C#CCOC(=O)c1ccccc1F. The Morgan fingerprint density at radius 2 is 2.00 bits per heavy atom. The van der Waals surface area contributed by atoms with E-state index in [-0.39, 0.29) is 17.6 Å². The Bertz CT molecular complexity index is 461. The Morgan fingerprint density at radius 1 is 1.35 bits per heavy atom. The van der Waals surface area contributed by atoms with E-state index in [1.807, 2.05) is 20.8 Å². The number of carbonyl (C=O) groups excluding carboxylic acids is 1. The second kappa shape index (κ2) is 5.49. The lowest BCUT2D eigenvalue weighted by molar-refractivity contribution is 0.0551. The summed E-state index contributed by atoms with van der Waals surface area (Å²) in [5.74, 6) is 4.38. The van der Waals surface area contributed by atoms with Gasteiger partial charge in [0.1, 0.15) is 5.82 Å².